The summed E-state index contributed by atoms with van der Waals surface area (Å²) >= 11 is 0. The molecule has 154 valence electrons. The maximum Gasteiger partial charge on any atom is 0.266 e. The van der Waals surface area contributed by atoms with Crippen LogP contribution < -0.4 is 4.72 Å². The standard InChI is InChI=1S/C18H21N5O4S2/c1-12-18(13(2)20-19-12)29(26,27)22-17-10-16(14-6-4-3-5-7-14)21-23(17)15-8-9-28(24,25)11-15/h3-7,10,15,22H,8-9,11H2,1-2H3,(H,19,20)/t15-/m1/s1. The number of aromatic amines is 1. The van der Waals surface area contributed by atoms with Crippen molar-refractivity contribution in [1.82, 2.24) is 20.0 Å². The van der Waals surface area contributed by atoms with E-state index >= 15 is 0 Å². The molecular formula is C18H21N5O4S2. The molecule has 0 unspecified atom stereocenters. The first-order valence-electron chi connectivity index (χ1n) is 9.06. The molecule has 0 saturated carbocycles. The van der Waals surface area contributed by atoms with Crippen LogP contribution in [0.5, 0.6) is 0 Å². The Morgan fingerprint density at radius 3 is 2.52 bits per heavy atom. The van der Waals surface area contributed by atoms with E-state index in [9.17, 15) is 16.8 Å². The molecule has 1 aromatic carbocycles. The summed E-state index contributed by atoms with van der Waals surface area (Å²) < 4.78 is 54.0. The van der Waals surface area contributed by atoms with Gasteiger partial charge in [0.25, 0.3) is 10.0 Å². The van der Waals surface area contributed by atoms with E-state index in [0.717, 1.165) is 5.56 Å². The molecule has 1 aliphatic heterocycles. The Morgan fingerprint density at radius 1 is 1.21 bits per heavy atom. The number of nitrogens with zero attached hydrogens (tertiary/aromatic N) is 3. The third-order valence-electron chi connectivity index (χ3n) is 4.93. The lowest BCUT2D eigenvalue weighted by Gasteiger charge is -2.14. The van der Waals surface area contributed by atoms with Gasteiger partial charge in [-0.1, -0.05) is 30.3 Å². The number of H-pyrrole nitrogens is 1. The molecule has 2 aromatic heterocycles. The van der Waals surface area contributed by atoms with Crippen LogP contribution in [0.15, 0.2) is 41.3 Å². The molecule has 9 nitrogen and oxygen atoms in total. The Labute approximate surface area is 169 Å². The van der Waals surface area contributed by atoms with Crippen LogP contribution in [-0.4, -0.2) is 48.3 Å². The van der Waals surface area contributed by atoms with Gasteiger partial charge in [0.05, 0.1) is 34.6 Å². The predicted octanol–water partition coefficient (Wildman–Crippen LogP) is 2.05. The van der Waals surface area contributed by atoms with E-state index in [4.69, 9.17) is 0 Å². The number of hydrogen-bond donors (Lipinski definition) is 2. The van der Waals surface area contributed by atoms with Crippen LogP contribution in [0.2, 0.25) is 0 Å². The first kappa shape index (κ1) is 19.6. The summed E-state index contributed by atoms with van der Waals surface area (Å²) in [6.45, 7) is 3.24. The topological polar surface area (TPSA) is 127 Å². The Morgan fingerprint density at radius 2 is 1.93 bits per heavy atom. The second-order valence-corrected chi connectivity index (χ2v) is 11.0. The number of aryl methyl sites for hydroxylation is 2. The molecular weight excluding hydrogens is 414 g/mol. The lowest BCUT2D eigenvalue weighted by atomic mass is 10.2. The minimum atomic E-state index is -3.94. The van der Waals surface area contributed by atoms with E-state index in [1.807, 2.05) is 30.3 Å². The monoisotopic (exact) mass is 435 g/mol. The molecule has 1 aliphatic rings. The average molecular weight is 436 g/mol. The van der Waals surface area contributed by atoms with E-state index in [2.05, 4.69) is 20.0 Å². The van der Waals surface area contributed by atoms with Crippen LogP contribution in [0.1, 0.15) is 23.9 Å². The third kappa shape index (κ3) is 3.79. The highest BCUT2D eigenvalue weighted by molar-refractivity contribution is 7.92. The van der Waals surface area contributed by atoms with Gasteiger partial charge in [0.2, 0.25) is 0 Å². The SMILES string of the molecule is Cc1n[nH]c(C)c1S(=O)(=O)Nc1cc(-c2ccccc2)nn1[C@@H]1CCS(=O)(=O)C1. The zero-order valence-corrected chi connectivity index (χ0v) is 17.6. The van der Waals surface area contributed by atoms with Crippen molar-refractivity contribution in [2.24, 2.45) is 0 Å². The van der Waals surface area contributed by atoms with Crippen LogP contribution in [0.25, 0.3) is 11.3 Å². The molecule has 0 spiro atoms. The molecule has 2 N–H and O–H groups in total. The molecule has 1 saturated heterocycles. The first-order valence-corrected chi connectivity index (χ1v) is 12.4. The van der Waals surface area contributed by atoms with E-state index in [1.165, 1.54) is 4.68 Å². The summed E-state index contributed by atoms with van der Waals surface area (Å²) in [7, 11) is -7.10. The van der Waals surface area contributed by atoms with Crippen molar-refractivity contribution in [3.05, 3.63) is 47.8 Å². The van der Waals surface area contributed by atoms with Crippen molar-refractivity contribution in [3.63, 3.8) is 0 Å². The second-order valence-electron chi connectivity index (χ2n) is 7.15. The van der Waals surface area contributed by atoms with Gasteiger partial charge in [-0.15, -0.1) is 0 Å². The maximum atomic E-state index is 13.0. The highest BCUT2D eigenvalue weighted by Crippen LogP contribution is 2.31. The van der Waals surface area contributed by atoms with Gasteiger partial charge in [-0.25, -0.2) is 21.5 Å². The summed E-state index contributed by atoms with van der Waals surface area (Å²) in [6, 6.07) is 10.5. The van der Waals surface area contributed by atoms with Gasteiger partial charge in [-0.3, -0.25) is 9.82 Å². The van der Waals surface area contributed by atoms with Gasteiger partial charge in [0, 0.05) is 11.6 Å². The number of nitrogens with one attached hydrogen (secondary N) is 2. The molecule has 0 amide bonds. The largest absolute Gasteiger partial charge is 0.281 e. The summed E-state index contributed by atoms with van der Waals surface area (Å²) in [4.78, 5) is 0.0746. The van der Waals surface area contributed by atoms with Gasteiger partial charge in [-0.2, -0.15) is 10.2 Å². The highest BCUT2D eigenvalue weighted by atomic mass is 32.2. The number of sulfone groups is 1. The van der Waals surface area contributed by atoms with E-state index in [-0.39, 0.29) is 22.2 Å². The van der Waals surface area contributed by atoms with E-state index < -0.39 is 25.9 Å². The zero-order chi connectivity index (χ0) is 20.8. The summed E-state index contributed by atoms with van der Waals surface area (Å²) in [5, 5.41) is 11.2. The van der Waals surface area contributed by atoms with Crippen molar-refractivity contribution in [1.29, 1.82) is 0 Å². The van der Waals surface area contributed by atoms with Crippen LogP contribution in [0, 0.1) is 13.8 Å². The maximum absolute atomic E-state index is 13.0. The molecule has 11 heteroatoms. The number of benzene rings is 1. The summed E-state index contributed by atoms with van der Waals surface area (Å²) in [6.07, 6.45) is 0.386. The van der Waals surface area contributed by atoms with Crippen molar-refractivity contribution in [2.75, 3.05) is 16.2 Å². The number of rotatable bonds is 5. The molecule has 4 rings (SSSR count). The van der Waals surface area contributed by atoms with Crippen molar-refractivity contribution >= 4 is 25.7 Å². The number of anilines is 1. The molecule has 1 atom stereocenters. The quantitative estimate of drug-likeness (QED) is 0.631. The molecule has 29 heavy (non-hydrogen) atoms. The van der Waals surface area contributed by atoms with Crippen LogP contribution >= 0.6 is 0 Å². The summed E-state index contributed by atoms with van der Waals surface area (Å²) in [5.41, 5.74) is 2.15. The fourth-order valence-electron chi connectivity index (χ4n) is 3.59. The second kappa shape index (κ2) is 6.99. The molecule has 3 heterocycles. The lowest BCUT2D eigenvalue weighted by Crippen LogP contribution is -2.20. The number of hydrogen-bond acceptors (Lipinski definition) is 6. The minimum Gasteiger partial charge on any atom is -0.281 e. The lowest BCUT2D eigenvalue weighted by molar-refractivity contribution is 0.507. The Hall–Kier alpha value is -2.66. The van der Waals surface area contributed by atoms with Gasteiger partial charge >= 0.3 is 0 Å². The van der Waals surface area contributed by atoms with Crippen LogP contribution in [0.3, 0.4) is 0 Å². The van der Waals surface area contributed by atoms with Crippen LogP contribution in [-0.2, 0) is 19.9 Å². The minimum absolute atomic E-state index is 0.0599. The van der Waals surface area contributed by atoms with Crippen molar-refractivity contribution in [2.45, 2.75) is 31.2 Å². The molecule has 0 bridgehead atoms. The molecule has 0 radical (unpaired) electrons. The van der Waals surface area contributed by atoms with E-state index in [0.29, 0.717) is 23.5 Å². The van der Waals surface area contributed by atoms with Gasteiger partial charge < -0.3 is 0 Å². The van der Waals surface area contributed by atoms with Crippen molar-refractivity contribution < 1.29 is 16.8 Å². The fraction of sp³-hybridized carbons (Fsp3) is 0.333. The molecule has 0 aliphatic carbocycles. The summed E-state index contributed by atoms with van der Waals surface area (Å²) in [5.74, 6) is 0.220. The van der Waals surface area contributed by atoms with Gasteiger partial charge in [0.15, 0.2) is 9.84 Å². The van der Waals surface area contributed by atoms with Gasteiger partial charge in [0.1, 0.15) is 10.7 Å². The first-order chi connectivity index (χ1) is 13.7. The van der Waals surface area contributed by atoms with Crippen LogP contribution in [0.4, 0.5) is 5.82 Å². The smallest absolute Gasteiger partial charge is 0.266 e. The number of aromatic nitrogens is 4. The third-order valence-corrected chi connectivity index (χ3v) is 8.30. The fourth-order valence-corrected chi connectivity index (χ4v) is 6.70. The molecule has 1 fully saturated rings. The molecule has 3 aromatic rings. The average Bonchev–Trinajstić information content (AvgIpc) is 3.32. The Balaban J connectivity index is 1.78. The van der Waals surface area contributed by atoms with E-state index in [1.54, 1.807) is 19.9 Å². The Kier molecular flexibility index (Phi) is 4.74. The van der Waals surface area contributed by atoms with Gasteiger partial charge in [-0.05, 0) is 20.3 Å². The predicted molar refractivity (Wildman–Crippen MR) is 109 cm³/mol. The normalized spacial score (nSPS) is 18.8. The zero-order valence-electron chi connectivity index (χ0n) is 16.0. The Bertz CT molecular complexity index is 1240. The number of sulfonamides is 1. The highest BCUT2D eigenvalue weighted by Gasteiger charge is 2.33. The van der Waals surface area contributed by atoms with Crippen molar-refractivity contribution in [3.8, 4) is 11.3 Å².